The van der Waals surface area contributed by atoms with Crippen molar-refractivity contribution < 1.29 is 4.74 Å². The molecule has 0 aliphatic heterocycles. The van der Waals surface area contributed by atoms with Crippen molar-refractivity contribution in [1.82, 2.24) is 19.8 Å². The standard InChI is InChI=1S/C23H29N5O.HI/c1-4-24-23(27(2)18-20-12-8-9-13-21(20)29-3)26-16-22-25-14-15-28(22)17-19-10-6-5-7-11-19;/h5-15H,4,16-18H2,1-3H3,(H,24,26);1H. The van der Waals surface area contributed by atoms with E-state index in [2.05, 4.69) is 57.0 Å². The first-order valence-corrected chi connectivity index (χ1v) is 9.86. The molecular weight excluding hydrogens is 489 g/mol. The minimum atomic E-state index is 0. The van der Waals surface area contributed by atoms with Gasteiger partial charge in [-0.1, -0.05) is 48.5 Å². The molecule has 160 valence electrons. The largest absolute Gasteiger partial charge is 0.496 e. The molecule has 0 spiro atoms. The number of halogens is 1. The zero-order chi connectivity index (χ0) is 20.5. The van der Waals surface area contributed by atoms with Crippen LogP contribution in [0.3, 0.4) is 0 Å². The first-order chi connectivity index (χ1) is 14.2. The molecule has 0 radical (unpaired) electrons. The number of guanidine groups is 1. The Morgan fingerprint density at radius 1 is 1.13 bits per heavy atom. The van der Waals surface area contributed by atoms with Crippen molar-refractivity contribution in [3.05, 3.63) is 83.9 Å². The van der Waals surface area contributed by atoms with Crippen LogP contribution in [0.1, 0.15) is 23.9 Å². The summed E-state index contributed by atoms with van der Waals surface area (Å²) in [5.41, 5.74) is 2.37. The van der Waals surface area contributed by atoms with Crippen LogP contribution in [-0.4, -0.2) is 41.1 Å². The Morgan fingerprint density at radius 2 is 1.87 bits per heavy atom. The van der Waals surface area contributed by atoms with E-state index in [4.69, 9.17) is 9.73 Å². The topological polar surface area (TPSA) is 54.7 Å². The molecule has 2 aromatic carbocycles. The quantitative estimate of drug-likeness (QED) is 0.276. The van der Waals surface area contributed by atoms with Gasteiger partial charge in [-0.2, -0.15) is 0 Å². The third kappa shape index (κ3) is 6.48. The Bertz CT molecular complexity index is 926. The zero-order valence-electron chi connectivity index (χ0n) is 17.8. The number of ether oxygens (including phenoxy) is 1. The summed E-state index contributed by atoms with van der Waals surface area (Å²) in [5, 5.41) is 3.37. The highest BCUT2D eigenvalue weighted by molar-refractivity contribution is 14.0. The van der Waals surface area contributed by atoms with Gasteiger partial charge >= 0.3 is 0 Å². The van der Waals surface area contributed by atoms with Crippen LogP contribution in [0.2, 0.25) is 0 Å². The first kappa shape index (κ1) is 23.7. The van der Waals surface area contributed by atoms with Gasteiger partial charge in [0.2, 0.25) is 0 Å². The smallest absolute Gasteiger partial charge is 0.194 e. The van der Waals surface area contributed by atoms with Crippen molar-refractivity contribution >= 4 is 29.9 Å². The van der Waals surface area contributed by atoms with Crippen LogP contribution in [0.4, 0.5) is 0 Å². The van der Waals surface area contributed by atoms with Crippen LogP contribution in [0.25, 0.3) is 0 Å². The maximum absolute atomic E-state index is 5.48. The fourth-order valence-electron chi connectivity index (χ4n) is 3.20. The van der Waals surface area contributed by atoms with Crippen LogP contribution < -0.4 is 10.1 Å². The molecule has 0 amide bonds. The molecule has 7 heteroatoms. The van der Waals surface area contributed by atoms with Gasteiger partial charge in [0, 0.05) is 44.6 Å². The van der Waals surface area contributed by atoms with E-state index in [0.29, 0.717) is 13.1 Å². The van der Waals surface area contributed by atoms with E-state index in [1.54, 1.807) is 7.11 Å². The number of nitrogens with zero attached hydrogens (tertiary/aromatic N) is 4. The van der Waals surface area contributed by atoms with Crippen LogP contribution in [-0.2, 0) is 19.6 Å². The van der Waals surface area contributed by atoms with Gasteiger partial charge in [-0.3, -0.25) is 0 Å². The number of hydrogen-bond acceptors (Lipinski definition) is 3. The minimum Gasteiger partial charge on any atom is -0.496 e. The Morgan fingerprint density at radius 3 is 2.60 bits per heavy atom. The number of rotatable bonds is 8. The molecule has 6 nitrogen and oxygen atoms in total. The summed E-state index contributed by atoms with van der Waals surface area (Å²) in [5.74, 6) is 2.66. The third-order valence-corrected chi connectivity index (χ3v) is 4.66. The molecule has 30 heavy (non-hydrogen) atoms. The predicted molar refractivity (Wildman–Crippen MR) is 132 cm³/mol. The summed E-state index contributed by atoms with van der Waals surface area (Å²) in [4.78, 5) is 11.4. The van der Waals surface area contributed by atoms with Gasteiger partial charge in [-0.05, 0) is 18.6 Å². The summed E-state index contributed by atoms with van der Waals surface area (Å²) in [6.45, 7) is 4.88. The molecule has 0 aliphatic carbocycles. The highest BCUT2D eigenvalue weighted by Crippen LogP contribution is 2.18. The van der Waals surface area contributed by atoms with Gasteiger partial charge in [-0.25, -0.2) is 9.98 Å². The lowest BCUT2D eigenvalue weighted by Gasteiger charge is -2.23. The highest BCUT2D eigenvalue weighted by atomic mass is 127. The van der Waals surface area contributed by atoms with Gasteiger partial charge in [0.05, 0.1) is 7.11 Å². The fourth-order valence-corrected chi connectivity index (χ4v) is 3.20. The van der Waals surface area contributed by atoms with Crippen molar-refractivity contribution in [2.75, 3.05) is 20.7 Å². The number of methoxy groups -OCH3 is 1. The lowest BCUT2D eigenvalue weighted by Crippen LogP contribution is -2.38. The van der Waals surface area contributed by atoms with Crippen LogP contribution in [0, 0.1) is 0 Å². The van der Waals surface area contributed by atoms with E-state index in [0.717, 1.165) is 36.2 Å². The first-order valence-electron chi connectivity index (χ1n) is 9.86. The van der Waals surface area contributed by atoms with Gasteiger partial charge in [-0.15, -0.1) is 24.0 Å². The molecule has 3 aromatic rings. The number of aromatic nitrogens is 2. The molecule has 0 saturated carbocycles. The fraction of sp³-hybridized carbons (Fsp3) is 0.304. The molecule has 0 atom stereocenters. The SMILES string of the molecule is CCNC(=NCc1nccn1Cc1ccccc1)N(C)Cc1ccccc1OC.I. The van der Waals surface area contributed by atoms with Crippen molar-refractivity contribution in [3.63, 3.8) is 0 Å². The van der Waals surface area contributed by atoms with Gasteiger partial charge < -0.3 is 19.5 Å². The van der Waals surface area contributed by atoms with Crippen LogP contribution in [0.5, 0.6) is 5.75 Å². The maximum Gasteiger partial charge on any atom is 0.194 e. The Hall–Kier alpha value is -2.55. The second-order valence-electron chi connectivity index (χ2n) is 6.80. The third-order valence-electron chi connectivity index (χ3n) is 4.66. The minimum absolute atomic E-state index is 0. The van der Waals surface area contributed by atoms with Crippen molar-refractivity contribution in [3.8, 4) is 5.75 Å². The van der Waals surface area contributed by atoms with Gasteiger partial charge in [0.1, 0.15) is 18.1 Å². The molecule has 3 rings (SSSR count). The summed E-state index contributed by atoms with van der Waals surface area (Å²) >= 11 is 0. The van der Waals surface area contributed by atoms with E-state index in [1.165, 1.54) is 5.56 Å². The van der Waals surface area contributed by atoms with Gasteiger partial charge in [0.15, 0.2) is 5.96 Å². The lowest BCUT2D eigenvalue weighted by atomic mass is 10.2. The number of nitrogens with one attached hydrogen (secondary N) is 1. The predicted octanol–water partition coefficient (Wildman–Crippen LogP) is 4.16. The summed E-state index contributed by atoms with van der Waals surface area (Å²) in [7, 11) is 3.73. The summed E-state index contributed by atoms with van der Waals surface area (Å²) in [6.07, 6.45) is 3.84. The number of para-hydroxylation sites is 1. The molecule has 1 heterocycles. The van der Waals surface area contributed by atoms with Crippen LogP contribution in [0.15, 0.2) is 72.0 Å². The number of hydrogen-bond donors (Lipinski definition) is 1. The second-order valence-corrected chi connectivity index (χ2v) is 6.80. The van der Waals surface area contributed by atoms with Crippen molar-refractivity contribution in [1.29, 1.82) is 0 Å². The summed E-state index contributed by atoms with van der Waals surface area (Å²) < 4.78 is 7.62. The number of benzene rings is 2. The number of imidazole rings is 1. The molecule has 0 saturated heterocycles. The molecule has 1 N–H and O–H groups in total. The molecule has 0 bridgehead atoms. The highest BCUT2D eigenvalue weighted by Gasteiger charge is 2.11. The van der Waals surface area contributed by atoms with Crippen molar-refractivity contribution in [2.45, 2.75) is 26.6 Å². The second kappa shape index (κ2) is 12.2. The molecule has 0 aliphatic rings. The lowest BCUT2D eigenvalue weighted by molar-refractivity contribution is 0.396. The van der Waals surface area contributed by atoms with Gasteiger partial charge in [0.25, 0.3) is 0 Å². The van der Waals surface area contributed by atoms with E-state index >= 15 is 0 Å². The molecule has 1 aromatic heterocycles. The Kier molecular flexibility index (Phi) is 9.66. The Balaban J connectivity index is 0.00000320. The average Bonchev–Trinajstić information content (AvgIpc) is 3.19. The Labute approximate surface area is 196 Å². The average molecular weight is 519 g/mol. The molecule has 0 unspecified atom stereocenters. The molecule has 0 fully saturated rings. The van der Waals surface area contributed by atoms with Crippen LogP contribution >= 0.6 is 24.0 Å². The summed E-state index contributed by atoms with van der Waals surface area (Å²) in [6, 6.07) is 18.4. The normalized spacial score (nSPS) is 11.0. The zero-order valence-corrected chi connectivity index (χ0v) is 20.1. The monoisotopic (exact) mass is 519 g/mol. The van der Waals surface area contributed by atoms with E-state index in [9.17, 15) is 0 Å². The molecular formula is C23H30IN5O. The van der Waals surface area contributed by atoms with E-state index < -0.39 is 0 Å². The number of aliphatic imine (C=N–C) groups is 1. The van der Waals surface area contributed by atoms with E-state index in [-0.39, 0.29) is 24.0 Å². The maximum atomic E-state index is 5.48. The van der Waals surface area contributed by atoms with Crippen molar-refractivity contribution in [2.24, 2.45) is 4.99 Å². The van der Waals surface area contributed by atoms with E-state index in [1.807, 2.05) is 43.7 Å².